The Balaban J connectivity index is 2.22. The first kappa shape index (κ1) is 11.7. The van der Waals surface area contributed by atoms with Gasteiger partial charge in [-0.05, 0) is 12.1 Å². The summed E-state index contributed by atoms with van der Waals surface area (Å²) < 4.78 is 0. The number of carbonyl (C=O) groups is 3. The molecular weight excluding hydrogens is 242 g/mol. The highest BCUT2D eigenvalue weighted by Gasteiger charge is 2.32. The van der Waals surface area contributed by atoms with Gasteiger partial charge in [0.2, 0.25) is 11.8 Å². The first-order valence-electron chi connectivity index (χ1n) is 4.90. The van der Waals surface area contributed by atoms with Crippen LogP contribution in [0.3, 0.4) is 0 Å². The van der Waals surface area contributed by atoms with Crippen LogP contribution < -0.4 is 5.32 Å². The molecule has 0 bridgehead atoms. The third kappa shape index (κ3) is 2.47. The van der Waals surface area contributed by atoms with E-state index in [4.69, 9.17) is 5.11 Å². The van der Waals surface area contributed by atoms with Gasteiger partial charge in [0.05, 0.1) is 10.8 Å². The van der Waals surface area contributed by atoms with Gasteiger partial charge >= 0.3 is 5.97 Å². The maximum Gasteiger partial charge on any atom is 0.336 e. The standard InChI is InChI=1S/C11H9NO4S/c13-9-5-8(10(14)12-9)17-7-4-2-1-3-6(7)11(15)16/h1-4,8H,5H2,(H,15,16)(H,12,13,14). The Bertz CT molecular complexity index is 500. The van der Waals surface area contributed by atoms with Gasteiger partial charge < -0.3 is 5.11 Å². The fraction of sp³-hybridized carbons (Fsp3) is 0.182. The Morgan fingerprint density at radius 3 is 2.65 bits per heavy atom. The van der Waals surface area contributed by atoms with E-state index < -0.39 is 11.2 Å². The summed E-state index contributed by atoms with van der Waals surface area (Å²) in [6, 6.07) is 6.42. The van der Waals surface area contributed by atoms with Crippen LogP contribution in [-0.4, -0.2) is 28.1 Å². The number of aromatic carboxylic acids is 1. The molecule has 88 valence electrons. The monoisotopic (exact) mass is 251 g/mol. The molecule has 2 rings (SSSR count). The molecule has 1 aliphatic heterocycles. The average molecular weight is 251 g/mol. The molecule has 5 nitrogen and oxygen atoms in total. The zero-order valence-corrected chi connectivity index (χ0v) is 9.49. The van der Waals surface area contributed by atoms with Crippen LogP contribution in [-0.2, 0) is 9.59 Å². The van der Waals surface area contributed by atoms with Gasteiger partial charge in [-0.2, -0.15) is 0 Å². The fourth-order valence-corrected chi connectivity index (χ4v) is 2.67. The molecule has 1 heterocycles. The number of rotatable bonds is 3. The minimum atomic E-state index is -1.04. The normalized spacial score (nSPS) is 19.2. The minimum Gasteiger partial charge on any atom is -0.478 e. The van der Waals surface area contributed by atoms with Crippen molar-refractivity contribution in [3.8, 4) is 0 Å². The molecule has 1 saturated heterocycles. The van der Waals surface area contributed by atoms with E-state index in [-0.39, 0.29) is 23.8 Å². The van der Waals surface area contributed by atoms with E-state index in [1.54, 1.807) is 18.2 Å². The minimum absolute atomic E-state index is 0.0947. The lowest BCUT2D eigenvalue weighted by Gasteiger charge is -2.08. The van der Waals surface area contributed by atoms with E-state index in [1.165, 1.54) is 6.07 Å². The Morgan fingerprint density at radius 1 is 1.35 bits per heavy atom. The van der Waals surface area contributed by atoms with Gasteiger partial charge in [0, 0.05) is 11.3 Å². The van der Waals surface area contributed by atoms with Crippen LogP contribution in [0.2, 0.25) is 0 Å². The van der Waals surface area contributed by atoms with Crippen LogP contribution in [0.5, 0.6) is 0 Å². The van der Waals surface area contributed by atoms with Crippen molar-refractivity contribution in [2.75, 3.05) is 0 Å². The van der Waals surface area contributed by atoms with Crippen LogP contribution >= 0.6 is 11.8 Å². The quantitative estimate of drug-likeness (QED) is 0.779. The number of carbonyl (C=O) groups excluding carboxylic acids is 2. The van der Waals surface area contributed by atoms with Crippen molar-refractivity contribution < 1.29 is 19.5 Å². The van der Waals surface area contributed by atoms with Crippen LogP contribution in [0.15, 0.2) is 29.2 Å². The molecule has 0 aliphatic carbocycles. The number of amides is 2. The van der Waals surface area contributed by atoms with Gasteiger partial charge in [-0.3, -0.25) is 14.9 Å². The summed E-state index contributed by atoms with van der Waals surface area (Å²) in [5.74, 6) is -1.72. The molecule has 1 atom stereocenters. The third-order valence-corrected chi connectivity index (χ3v) is 3.59. The third-order valence-electron chi connectivity index (χ3n) is 2.31. The lowest BCUT2D eigenvalue weighted by Crippen LogP contribution is -2.23. The van der Waals surface area contributed by atoms with Crippen molar-refractivity contribution in [3.63, 3.8) is 0 Å². The highest BCUT2D eigenvalue weighted by atomic mass is 32.2. The second kappa shape index (κ2) is 4.58. The van der Waals surface area contributed by atoms with Gasteiger partial charge in [0.25, 0.3) is 0 Å². The van der Waals surface area contributed by atoms with Crippen LogP contribution in [0, 0.1) is 0 Å². The Hall–Kier alpha value is -1.82. The molecule has 0 saturated carbocycles. The predicted octanol–water partition coefficient (Wildman–Crippen LogP) is 0.892. The van der Waals surface area contributed by atoms with E-state index in [9.17, 15) is 14.4 Å². The second-order valence-electron chi connectivity index (χ2n) is 3.52. The summed E-state index contributed by atoms with van der Waals surface area (Å²) >= 11 is 1.10. The molecule has 6 heteroatoms. The van der Waals surface area contributed by atoms with Crippen molar-refractivity contribution >= 4 is 29.5 Å². The largest absolute Gasteiger partial charge is 0.478 e. The van der Waals surface area contributed by atoms with Crippen molar-refractivity contribution in [1.82, 2.24) is 5.32 Å². The molecule has 1 aliphatic rings. The zero-order valence-electron chi connectivity index (χ0n) is 8.67. The number of benzene rings is 1. The number of thioether (sulfide) groups is 1. The number of carboxylic acids is 1. The van der Waals surface area contributed by atoms with Gasteiger partial charge in [-0.25, -0.2) is 4.79 Å². The van der Waals surface area contributed by atoms with Crippen LogP contribution in [0.4, 0.5) is 0 Å². The summed E-state index contributed by atoms with van der Waals surface area (Å²) in [4.78, 5) is 33.8. The van der Waals surface area contributed by atoms with Crippen molar-refractivity contribution in [3.05, 3.63) is 29.8 Å². The molecule has 1 aromatic carbocycles. The molecule has 0 aromatic heterocycles. The SMILES string of the molecule is O=C1CC(Sc2ccccc2C(=O)O)C(=O)N1. The summed E-state index contributed by atoms with van der Waals surface area (Å²) in [5.41, 5.74) is 0.143. The molecule has 17 heavy (non-hydrogen) atoms. The second-order valence-corrected chi connectivity index (χ2v) is 4.77. The molecule has 1 fully saturated rings. The van der Waals surface area contributed by atoms with E-state index in [1.807, 2.05) is 0 Å². The Morgan fingerprint density at radius 2 is 2.06 bits per heavy atom. The highest BCUT2D eigenvalue weighted by molar-refractivity contribution is 8.00. The Labute approximate surface area is 101 Å². The van der Waals surface area contributed by atoms with Gasteiger partial charge in [-0.1, -0.05) is 12.1 Å². The number of hydrogen-bond donors (Lipinski definition) is 2. The summed E-state index contributed by atoms with van der Waals surface area (Å²) in [5, 5.41) is 10.6. The summed E-state index contributed by atoms with van der Waals surface area (Å²) in [7, 11) is 0. The lowest BCUT2D eigenvalue weighted by molar-refractivity contribution is -0.124. The molecular formula is C11H9NO4S. The maximum absolute atomic E-state index is 11.4. The number of hydrogen-bond acceptors (Lipinski definition) is 4. The van der Waals surface area contributed by atoms with Gasteiger partial charge in [0.1, 0.15) is 0 Å². The van der Waals surface area contributed by atoms with Crippen molar-refractivity contribution in [1.29, 1.82) is 0 Å². The number of imide groups is 1. The van der Waals surface area contributed by atoms with Crippen molar-refractivity contribution in [2.24, 2.45) is 0 Å². The van der Waals surface area contributed by atoms with Crippen LogP contribution in [0.25, 0.3) is 0 Å². The van der Waals surface area contributed by atoms with Crippen LogP contribution in [0.1, 0.15) is 16.8 Å². The topological polar surface area (TPSA) is 83.5 Å². The molecule has 1 aromatic rings. The molecule has 1 unspecified atom stereocenters. The lowest BCUT2D eigenvalue weighted by atomic mass is 10.2. The fourth-order valence-electron chi connectivity index (χ4n) is 1.52. The number of carboxylic acid groups (broad SMARTS) is 1. The van der Waals surface area contributed by atoms with Gasteiger partial charge in [0.15, 0.2) is 0 Å². The molecule has 0 radical (unpaired) electrons. The average Bonchev–Trinajstić information content (AvgIpc) is 2.58. The highest BCUT2D eigenvalue weighted by Crippen LogP contribution is 2.30. The number of nitrogens with one attached hydrogen (secondary N) is 1. The first-order chi connectivity index (χ1) is 8.08. The van der Waals surface area contributed by atoms with E-state index in [0.717, 1.165) is 11.8 Å². The first-order valence-corrected chi connectivity index (χ1v) is 5.78. The van der Waals surface area contributed by atoms with E-state index in [2.05, 4.69) is 5.32 Å². The smallest absolute Gasteiger partial charge is 0.336 e. The summed E-state index contributed by atoms with van der Waals surface area (Å²) in [6.45, 7) is 0. The predicted molar refractivity (Wildman–Crippen MR) is 60.8 cm³/mol. The molecule has 0 spiro atoms. The molecule has 2 amide bonds. The van der Waals surface area contributed by atoms with Crippen molar-refractivity contribution in [2.45, 2.75) is 16.6 Å². The zero-order chi connectivity index (χ0) is 12.4. The maximum atomic E-state index is 11.4. The van der Waals surface area contributed by atoms with E-state index >= 15 is 0 Å². The Kier molecular flexibility index (Phi) is 3.14. The van der Waals surface area contributed by atoms with E-state index in [0.29, 0.717) is 4.90 Å². The van der Waals surface area contributed by atoms with Gasteiger partial charge in [-0.15, -0.1) is 11.8 Å². The summed E-state index contributed by atoms with van der Waals surface area (Å²) in [6.07, 6.45) is 0.0947. The molecule has 2 N–H and O–H groups in total.